The lowest BCUT2D eigenvalue weighted by molar-refractivity contribution is -0.137. The second-order valence-electron chi connectivity index (χ2n) is 8.23. The third-order valence-corrected chi connectivity index (χ3v) is 6.74. The van der Waals surface area contributed by atoms with Gasteiger partial charge in [-0.15, -0.1) is 23.1 Å². The minimum atomic E-state index is -4.31. The van der Waals surface area contributed by atoms with Crippen LogP contribution in [0, 0.1) is 0 Å². The van der Waals surface area contributed by atoms with Crippen molar-refractivity contribution in [1.29, 1.82) is 0 Å². The standard InChI is InChI=1S/C21H25F3N2O2S2/c1-20(2,3)28-19(27)26-10-8-14(9-11-26)18-25-16(13-30-18)12-29-17-6-4-15(5-7-17)21(22,23)24/h4-7,13-14H,8-12H2,1-3H3. The first-order valence-corrected chi connectivity index (χ1v) is 11.6. The predicted molar refractivity (Wildman–Crippen MR) is 113 cm³/mol. The van der Waals surface area contributed by atoms with Gasteiger partial charge in [-0.1, -0.05) is 0 Å². The minimum absolute atomic E-state index is 0.270. The molecule has 2 heterocycles. The molecule has 1 aliphatic rings. The number of thiazole rings is 1. The van der Waals surface area contributed by atoms with E-state index in [0.29, 0.717) is 24.8 Å². The molecule has 1 aromatic heterocycles. The number of hydrogen-bond donors (Lipinski definition) is 0. The summed E-state index contributed by atoms with van der Waals surface area (Å²) in [6.45, 7) is 6.87. The Morgan fingerprint density at radius 3 is 2.40 bits per heavy atom. The number of carbonyl (C=O) groups excluding carboxylic acids is 1. The number of amides is 1. The fourth-order valence-electron chi connectivity index (χ4n) is 3.11. The summed E-state index contributed by atoms with van der Waals surface area (Å²) in [4.78, 5) is 19.4. The molecule has 1 aromatic carbocycles. The van der Waals surface area contributed by atoms with Gasteiger partial charge in [-0.25, -0.2) is 9.78 Å². The monoisotopic (exact) mass is 458 g/mol. The van der Waals surface area contributed by atoms with Gasteiger partial charge >= 0.3 is 12.3 Å². The molecule has 4 nitrogen and oxygen atoms in total. The Hall–Kier alpha value is -1.74. The molecule has 0 spiro atoms. The van der Waals surface area contributed by atoms with Gasteiger partial charge in [0.2, 0.25) is 0 Å². The third kappa shape index (κ3) is 6.38. The van der Waals surface area contributed by atoms with Crippen molar-refractivity contribution in [2.24, 2.45) is 0 Å². The largest absolute Gasteiger partial charge is 0.444 e. The maximum absolute atomic E-state index is 12.6. The number of rotatable bonds is 4. The maximum atomic E-state index is 12.6. The van der Waals surface area contributed by atoms with E-state index in [4.69, 9.17) is 9.72 Å². The van der Waals surface area contributed by atoms with Crippen molar-refractivity contribution in [3.05, 3.63) is 45.9 Å². The fraction of sp³-hybridized carbons (Fsp3) is 0.524. The normalized spacial score (nSPS) is 16.0. The van der Waals surface area contributed by atoms with Crippen LogP contribution in [-0.4, -0.2) is 34.7 Å². The highest BCUT2D eigenvalue weighted by Crippen LogP contribution is 2.34. The molecule has 2 aromatic rings. The molecule has 0 bridgehead atoms. The number of benzene rings is 1. The van der Waals surface area contributed by atoms with Crippen molar-refractivity contribution in [3.8, 4) is 0 Å². The van der Waals surface area contributed by atoms with Crippen LogP contribution >= 0.6 is 23.1 Å². The lowest BCUT2D eigenvalue weighted by atomic mass is 9.98. The summed E-state index contributed by atoms with van der Waals surface area (Å²) in [6, 6.07) is 5.20. The molecule has 1 saturated heterocycles. The Labute approximate surface area is 182 Å². The van der Waals surface area contributed by atoms with Gasteiger partial charge in [-0.3, -0.25) is 0 Å². The topological polar surface area (TPSA) is 42.4 Å². The highest BCUT2D eigenvalue weighted by Gasteiger charge is 2.30. The van der Waals surface area contributed by atoms with E-state index in [1.807, 2.05) is 26.2 Å². The summed E-state index contributed by atoms with van der Waals surface area (Å²) in [5.74, 6) is 0.928. The second-order valence-corrected chi connectivity index (χ2v) is 10.2. The Balaban J connectivity index is 1.49. The van der Waals surface area contributed by atoms with Gasteiger partial charge in [0.1, 0.15) is 5.60 Å². The molecule has 1 amide bonds. The zero-order chi connectivity index (χ0) is 21.9. The van der Waals surface area contributed by atoms with E-state index in [0.717, 1.165) is 40.6 Å². The summed E-state index contributed by atoms with van der Waals surface area (Å²) in [5, 5.41) is 3.06. The van der Waals surface area contributed by atoms with Gasteiger partial charge < -0.3 is 9.64 Å². The number of nitrogens with zero attached hydrogens (tertiary/aromatic N) is 2. The van der Waals surface area contributed by atoms with Crippen molar-refractivity contribution in [1.82, 2.24) is 9.88 Å². The first kappa shape index (κ1) is 22.9. The van der Waals surface area contributed by atoms with Crippen LogP contribution in [0.1, 0.15) is 55.8 Å². The average molecular weight is 459 g/mol. The van der Waals surface area contributed by atoms with Crippen LogP contribution in [0.4, 0.5) is 18.0 Å². The summed E-state index contributed by atoms with van der Waals surface area (Å²) in [5.41, 5.74) is -0.210. The highest BCUT2D eigenvalue weighted by atomic mass is 32.2. The van der Waals surface area contributed by atoms with Gasteiger partial charge in [0.05, 0.1) is 16.3 Å². The van der Waals surface area contributed by atoms with E-state index in [1.165, 1.54) is 23.9 Å². The number of piperidine rings is 1. The van der Waals surface area contributed by atoms with E-state index in [2.05, 4.69) is 0 Å². The molecule has 3 rings (SSSR count). The van der Waals surface area contributed by atoms with Crippen LogP contribution in [-0.2, 0) is 16.7 Å². The van der Waals surface area contributed by atoms with Gasteiger partial charge in [-0.2, -0.15) is 13.2 Å². The van der Waals surface area contributed by atoms with Gasteiger partial charge in [0.15, 0.2) is 0 Å². The third-order valence-electron chi connectivity index (χ3n) is 4.63. The molecular formula is C21H25F3N2O2S2. The predicted octanol–water partition coefficient (Wildman–Crippen LogP) is 6.57. The zero-order valence-electron chi connectivity index (χ0n) is 17.2. The van der Waals surface area contributed by atoms with Crippen LogP contribution in [0.25, 0.3) is 0 Å². The number of aromatic nitrogens is 1. The molecule has 0 N–H and O–H groups in total. The van der Waals surface area contributed by atoms with E-state index in [-0.39, 0.29) is 6.09 Å². The minimum Gasteiger partial charge on any atom is -0.444 e. The zero-order valence-corrected chi connectivity index (χ0v) is 18.8. The van der Waals surface area contributed by atoms with E-state index < -0.39 is 17.3 Å². The van der Waals surface area contributed by atoms with E-state index >= 15 is 0 Å². The summed E-state index contributed by atoms with van der Waals surface area (Å²) in [7, 11) is 0. The molecular weight excluding hydrogens is 433 g/mol. The second kappa shape index (κ2) is 9.18. The lowest BCUT2D eigenvalue weighted by Crippen LogP contribution is -2.41. The fourth-order valence-corrected chi connectivity index (χ4v) is 5.00. The van der Waals surface area contributed by atoms with Crippen molar-refractivity contribution in [2.45, 2.75) is 62.0 Å². The molecule has 0 unspecified atom stereocenters. The number of alkyl halides is 3. The van der Waals surface area contributed by atoms with Crippen LogP contribution in [0.2, 0.25) is 0 Å². The van der Waals surface area contributed by atoms with Crippen molar-refractivity contribution in [3.63, 3.8) is 0 Å². The lowest BCUT2D eigenvalue weighted by Gasteiger charge is -2.32. The van der Waals surface area contributed by atoms with Crippen LogP contribution in [0.15, 0.2) is 34.5 Å². The quantitative estimate of drug-likeness (QED) is 0.486. The molecule has 0 radical (unpaired) electrons. The number of carbonyl (C=O) groups is 1. The number of likely N-dealkylation sites (tertiary alicyclic amines) is 1. The maximum Gasteiger partial charge on any atom is 0.416 e. The van der Waals surface area contributed by atoms with Gasteiger partial charge in [0.25, 0.3) is 0 Å². The highest BCUT2D eigenvalue weighted by molar-refractivity contribution is 7.98. The molecule has 0 atom stereocenters. The van der Waals surface area contributed by atoms with Gasteiger partial charge in [-0.05, 0) is 57.9 Å². The van der Waals surface area contributed by atoms with Gasteiger partial charge in [0, 0.05) is 35.0 Å². The number of ether oxygens (including phenoxy) is 1. The molecule has 164 valence electrons. The molecule has 1 aliphatic heterocycles. The van der Waals surface area contributed by atoms with Crippen LogP contribution in [0.3, 0.4) is 0 Å². The molecule has 0 aliphatic carbocycles. The first-order valence-electron chi connectivity index (χ1n) is 9.73. The van der Waals surface area contributed by atoms with Crippen molar-refractivity contribution < 1.29 is 22.7 Å². The van der Waals surface area contributed by atoms with Crippen LogP contribution < -0.4 is 0 Å². The van der Waals surface area contributed by atoms with E-state index in [1.54, 1.807) is 16.2 Å². The summed E-state index contributed by atoms with van der Waals surface area (Å²) in [6.07, 6.45) is -2.89. The number of hydrogen-bond acceptors (Lipinski definition) is 5. The molecule has 1 fully saturated rings. The molecule has 9 heteroatoms. The van der Waals surface area contributed by atoms with E-state index in [9.17, 15) is 18.0 Å². The first-order chi connectivity index (χ1) is 14.0. The Morgan fingerprint density at radius 1 is 1.20 bits per heavy atom. The van der Waals surface area contributed by atoms with Crippen molar-refractivity contribution in [2.75, 3.05) is 13.1 Å². The summed E-state index contributed by atoms with van der Waals surface area (Å²) >= 11 is 3.08. The smallest absolute Gasteiger partial charge is 0.416 e. The van der Waals surface area contributed by atoms with Crippen molar-refractivity contribution >= 4 is 29.2 Å². The molecule has 30 heavy (non-hydrogen) atoms. The Bertz CT molecular complexity index is 852. The number of thioether (sulfide) groups is 1. The SMILES string of the molecule is CC(C)(C)OC(=O)N1CCC(c2nc(CSc3ccc(C(F)(F)F)cc3)cs2)CC1. The Morgan fingerprint density at radius 2 is 1.83 bits per heavy atom. The van der Waals surface area contributed by atoms with Crippen LogP contribution in [0.5, 0.6) is 0 Å². The Kier molecular flexibility index (Phi) is 7.02. The average Bonchev–Trinajstić information content (AvgIpc) is 3.14. The molecule has 0 saturated carbocycles. The summed E-state index contributed by atoms with van der Waals surface area (Å²) < 4.78 is 43.4. The number of halogens is 3.